The van der Waals surface area contributed by atoms with E-state index in [4.69, 9.17) is 9.62 Å². The third-order valence-electron chi connectivity index (χ3n) is 3.95. The summed E-state index contributed by atoms with van der Waals surface area (Å²) in [6.07, 6.45) is 1.15. The van der Waals surface area contributed by atoms with Crippen molar-refractivity contribution in [3.8, 4) is 22.7 Å². The number of hydrogen-bond donors (Lipinski definition) is 2. The van der Waals surface area contributed by atoms with Crippen LogP contribution in [0.25, 0.3) is 16.9 Å². The molecule has 0 radical (unpaired) electrons. The summed E-state index contributed by atoms with van der Waals surface area (Å²) in [4.78, 5) is 0. The van der Waals surface area contributed by atoms with Crippen molar-refractivity contribution >= 4 is 6.21 Å². The summed E-state index contributed by atoms with van der Waals surface area (Å²) >= 11 is 0. The first-order chi connectivity index (χ1) is 11.8. The first kappa shape index (κ1) is 16.7. The van der Waals surface area contributed by atoms with Crippen molar-refractivity contribution in [3.05, 3.63) is 52.6 Å². The Morgan fingerprint density at radius 1 is 1.24 bits per heavy atom. The van der Waals surface area contributed by atoms with Crippen molar-refractivity contribution in [1.29, 1.82) is 0 Å². The third-order valence-corrected chi connectivity index (χ3v) is 3.95. The fourth-order valence-electron chi connectivity index (χ4n) is 2.80. The lowest BCUT2D eigenvalue weighted by Gasteiger charge is -2.10. The molecule has 3 aromatic rings. The molecule has 3 rings (SSSR count). The number of rotatable bonds is 3. The SMILES string of the molecule is Cc1nn(-c2ccc(O)cc2F)c(-c2c(C)oc(F)c2C)c1/C=N/O. The van der Waals surface area contributed by atoms with Crippen LogP contribution in [0.5, 0.6) is 5.75 Å². The molecule has 6 nitrogen and oxygen atoms in total. The maximum absolute atomic E-state index is 14.4. The van der Waals surface area contributed by atoms with Crippen LogP contribution >= 0.6 is 0 Å². The molecule has 0 aliphatic heterocycles. The molecule has 0 saturated heterocycles. The summed E-state index contributed by atoms with van der Waals surface area (Å²) < 4.78 is 34.6. The highest BCUT2D eigenvalue weighted by Gasteiger charge is 2.26. The Labute approximate surface area is 141 Å². The van der Waals surface area contributed by atoms with Crippen LogP contribution in [0.2, 0.25) is 0 Å². The zero-order valence-corrected chi connectivity index (χ0v) is 13.7. The van der Waals surface area contributed by atoms with Gasteiger partial charge in [-0.2, -0.15) is 9.49 Å². The number of halogens is 2. The molecule has 2 aromatic heterocycles. The lowest BCUT2D eigenvalue weighted by atomic mass is 10.0. The van der Waals surface area contributed by atoms with Gasteiger partial charge in [-0.05, 0) is 32.9 Å². The van der Waals surface area contributed by atoms with Crippen LogP contribution in [0.4, 0.5) is 8.78 Å². The number of nitrogens with zero attached hydrogens (tertiary/aromatic N) is 3. The van der Waals surface area contributed by atoms with Crippen LogP contribution in [-0.4, -0.2) is 26.3 Å². The molecule has 2 heterocycles. The first-order valence-electron chi connectivity index (χ1n) is 7.37. The number of phenolic OH excluding ortho intramolecular Hbond substituents is 1. The summed E-state index contributed by atoms with van der Waals surface area (Å²) in [7, 11) is 0. The van der Waals surface area contributed by atoms with Gasteiger partial charge >= 0.3 is 0 Å². The fraction of sp³-hybridized carbons (Fsp3) is 0.176. The Morgan fingerprint density at radius 2 is 1.96 bits per heavy atom. The summed E-state index contributed by atoms with van der Waals surface area (Å²) in [5.41, 5.74) is 1.82. The number of phenols is 1. The van der Waals surface area contributed by atoms with E-state index in [1.165, 1.54) is 23.7 Å². The fourth-order valence-corrected chi connectivity index (χ4v) is 2.80. The van der Waals surface area contributed by atoms with E-state index in [1.54, 1.807) is 13.8 Å². The van der Waals surface area contributed by atoms with Gasteiger partial charge in [0.2, 0.25) is 0 Å². The normalized spacial score (nSPS) is 11.6. The van der Waals surface area contributed by atoms with Crippen LogP contribution in [-0.2, 0) is 0 Å². The second kappa shape index (κ2) is 6.04. The molecule has 130 valence electrons. The van der Waals surface area contributed by atoms with E-state index in [0.29, 0.717) is 22.5 Å². The number of hydrogen-bond acceptors (Lipinski definition) is 5. The summed E-state index contributed by atoms with van der Waals surface area (Å²) in [5.74, 6) is -0.663. The minimum Gasteiger partial charge on any atom is -0.508 e. The van der Waals surface area contributed by atoms with Crippen molar-refractivity contribution < 1.29 is 23.5 Å². The van der Waals surface area contributed by atoms with Gasteiger partial charge in [0, 0.05) is 22.8 Å². The molecule has 0 bridgehead atoms. The quantitative estimate of drug-likeness (QED) is 0.428. The van der Waals surface area contributed by atoms with Gasteiger partial charge in [-0.15, -0.1) is 0 Å². The highest BCUT2D eigenvalue weighted by Crippen LogP contribution is 2.36. The second-order valence-corrected chi connectivity index (χ2v) is 5.57. The molecule has 1 aromatic carbocycles. The van der Waals surface area contributed by atoms with E-state index in [-0.39, 0.29) is 22.8 Å². The number of benzene rings is 1. The first-order valence-corrected chi connectivity index (χ1v) is 7.37. The van der Waals surface area contributed by atoms with E-state index >= 15 is 0 Å². The van der Waals surface area contributed by atoms with Crippen LogP contribution in [0.3, 0.4) is 0 Å². The Morgan fingerprint density at radius 3 is 2.52 bits per heavy atom. The van der Waals surface area contributed by atoms with E-state index < -0.39 is 11.8 Å². The third kappa shape index (κ3) is 2.65. The summed E-state index contributed by atoms with van der Waals surface area (Å²) in [6.45, 7) is 4.75. The van der Waals surface area contributed by atoms with Crippen LogP contribution in [0, 0.1) is 32.6 Å². The molecule has 0 spiro atoms. The zero-order chi connectivity index (χ0) is 18.3. The smallest absolute Gasteiger partial charge is 0.281 e. The van der Waals surface area contributed by atoms with E-state index in [2.05, 4.69) is 10.3 Å². The molecule has 2 N–H and O–H groups in total. The molecule has 0 amide bonds. The molecule has 0 atom stereocenters. The predicted octanol–water partition coefficient (Wildman–Crippen LogP) is 3.85. The minimum atomic E-state index is -0.754. The van der Waals surface area contributed by atoms with Gasteiger partial charge < -0.3 is 14.7 Å². The average Bonchev–Trinajstić information content (AvgIpc) is 2.97. The Hall–Kier alpha value is -3.16. The monoisotopic (exact) mass is 347 g/mol. The predicted molar refractivity (Wildman–Crippen MR) is 86.4 cm³/mol. The van der Waals surface area contributed by atoms with Gasteiger partial charge in [0.15, 0.2) is 5.82 Å². The maximum atomic E-state index is 14.4. The lowest BCUT2D eigenvalue weighted by molar-refractivity contribution is 0.322. The Bertz CT molecular complexity index is 990. The van der Waals surface area contributed by atoms with Gasteiger partial charge in [-0.3, -0.25) is 0 Å². The van der Waals surface area contributed by atoms with E-state index in [0.717, 1.165) is 12.3 Å². The molecule has 0 fully saturated rings. The molecule has 25 heavy (non-hydrogen) atoms. The number of aromatic hydroxyl groups is 1. The van der Waals surface area contributed by atoms with Gasteiger partial charge in [0.05, 0.1) is 17.6 Å². The number of oxime groups is 1. The highest BCUT2D eigenvalue weighted by molar-refractivity contribution is 5.91. The Kier molecular flexibility index (Phi) is 4.03. The molecular formula is C17H15F2N3O3. The van der Waals surface area contributed by atoms with Crippen molar-refractivity contribution in [2.24, 2.45) is 5.16 Å². The van der Waals surface area contributed by atoms with Crippen LogP contribution in [0.1, 0.15) is 22.6 Å². The van der Waals surface area contributed by atoms with Crippen molar-refractivity contribution in [2.45, 2.75) is 20.8 Å². The van der Waals surface area contributed by atoms with Crippen LogP contribution < -0.4 is 0 Å². The zero-order valence-electron chi connectivity index (χ0n) is 13.7. The highest BCUT2D eigenvalue weighted by atomic mass is 19.1. The minimum absolute atomic E-state index is 0.0499. The standard InChI is InChI=1S/C17H15F2N3O3/c1-8-15(10(3)25-17(8)19)16-12(7-20-24)9(2)21-22(16)14-5-4-11(23)6-13(14)18/h4-7,23-24H,1-3H3/b20-7+. The average molecular weight is 347 g/mol. The molecule has 0 saturated carbocycles. The molecule has 0 aliphatic carbocycles. The summed E-state index contributed by atoms with van der Waals surface area (Å²) in [6, 6.07) is 2.86. The van der Waals surface area contributed by atoms with Gasteiger partial charge in [-0.1, -0.05) is 5.16 Å². The van der Waals surface area contributed by atoms with Crippen molar-refractivity contribution in [3.63, 3.8) is 0 Å². The van der Waals surface area contributed by atoms with Crippen LogP contribution in [0.15, 0.2) is 27.8 Å². The number of aryl methyl sites for hydroxylation is 2. The lowest BCUT2D eigenvalue weighted by Crippen LogP contribution is -2.03. The molecule has 8 heteroatoms. The number of furan rings is 1. The number of aromatic nitrogens is 2. The molecule has 0 aliphatic rings. The topological polar surface area (TPSA) is 83.8 Å². The summed E-state index contributed by atoms with van der Waals surface area (Å²) in [5, 5.41) is 25.7. The Balaban J connectivity index is 2.40. The second-order valence-electron chi connectivity index (χ2n) is 5.57. The maximum Gasteiger partial charge on any atom is 0.281 e. The van der Waals surface area contributed by atoms with Gasteiger partial charge in [-0.25, -0.2) is 9.07 Å². The van der Waals surface area contributed by atoms with Gasteiger partial charge in [0.25, 0.3) is 6.01 Å². The largest absolute Gasteiger partial charge is 0.508 e. The molecular weight excluding hydrogens is 332 g/mol. The van der Waals surface area contributed by atoms with E-state index in [1.807, 2.05) is 0 Å². The van der Waals surface area contributed by atoms with Crippen molar-refractivity contribution in [1.82, 2.24) is 9.78 Å². The molecule has 0 unspecified atom stereocenters. The van der Waals surface area contributed by atoms with Crippen molar-refractivity contribution in [2.75, 3.05) is 0 Å². The van der Waals surface area contributed by atoms with E-state index in [9.17, 15) is 13.9 Å². The van der Waals surface area contributed by atoms with Gasteiger partial charge in [0.1, 0.15) is 17.2 Å².